The van der Waals surface area contributed by atoms with Gasteiger partial charge in [-0.2, -0.15) is 0 Å². The Labute approximate surface area is 177 Å². The zero-order valence-electron chi connectivity index (χ0n) is 15.8. The fraction of sp³-hybridized carbons (Fsp3) is 0.474. The highest BCUT2D eigenvalue weighted by molar-refractivity contribution is 6.39. The maximum Gasteiger partial charge on any atom is 0.326 e. The molecule has 3 rings (SSSR count). The van der Waals surface area contributed by atoms with E-state index in [-0.39, 0.29) is 21.7 Å². The van der Waals surface area contributed by atoms with Crippen LogP contribution in [0.15, 0.2) is 18.2 Å². The van der Waals surface area contributed by atoms with E-state index >= 15 is 0 Å². The first-order valence-electron chi connectivity index (χ1n) is 9.28. The van der Waals surface area contributed by atoms with Crippen molar-refractivity contribution in [2.24, 2.45) is 5.92 Å². The van der Waals surface area contributed by atoms with Gasteiger partial charge in [0, 0.05) is 0 Å². The lowest BCUT2D eigenvalue weighted by Crippen LogP contribution is -2.54. The minimum atomic E-state index is -0.951. The molecule has 1 spiro atoms. The van der Waals surface area contributed by atoms with Gasteiger partial charge in [0.2, 0.25) is 0 Å². The third-order valence-electron chi connectivity index (χ3n) is 5.38. The van der Waals surface area contributed by atoms with Gasteiger partial charge in [0.05, 0.1) is 15.7 Å². The smallest absolute Gasteiger partial charge is 0.326 e. The normalized spacial score (nSPS) is 23.8. The van der Waals surface area contributed by atoms with Gasteiger partial charge >= 0.3 is 12.0 Å². The molecule has 29 heavy (non-hydrogen) atoms. The Morgan fingerprint density at radius 1 is 1.28 bits per heavy atom. The van der Waals surface area contributed by atoms with Crippen molar-refractivity contribution in [3.05, 3.63) is 28.2 Å². The van der Waals surface area contributed by atoms with Crippen molar-refractivity contribution in [1.82, 2.24) is 10.2 Å². The second kappa shape index (κ2) is 8.59. The Hall–Kier alpha value is -2.32. The van der Waals surface area contributed by atoms with Crippen LogP contribution in [0.25, 0.3) is 0 Å². The van der Waals surface area contributed by atoms with E-state index in [1.165, 1.54) is 0 Å². The lowest BCUT2D eigenvalue weighted by Gasteiger charge is -2.36. The first-order chi connectivity index (χ1) is 13.7. The summed E-state index contributed by atoms with van der Waals surface area (Å²) in [4.78, 5) is 50.1. The monoisotopic (exact) mass is 441 g/mol. The summed E-state index contributed by atoms with van der Waals surface area (Å²) in [5, 5.41) is 5.69. The molecule has 2 aliphatic rings. The molecule has 8 nitrogen and oxygen atoms in total. The number of carbonyl (C=O) groups is 4. The predicted octanol–water partition coefficient (Wildman–Crippen LogP) is 2.98. The molecule has 1 aromatic rings. The number of halogens is 2. The maximum absolute atomic E-state index is 12.8. The number of carbonyl (C=O) groups excluding carboxylic acids is 4. The van der Waals surface area contributed by atoms with E-state index in [0.29, 0.717) is 6.42 Å². The highest BCUT2D eigenvalue weighted by Gasteiger charge is 2.55. The van der Waals surface area contributed by atoms with Crippen molar-refractivity contribution in [3.63, 3.8) is 0 Å². The van der Waals surface area contributed by atoms with Gasteiger partial charge in [0.1, 0.15) is 12.1 Å². The number of hydrogen-bond donors (Lipinski definition) is 2. The maximum atomic E-state index is 12.8. The Morgan fingerprint density at radius 2 is 1.97 bits per heavy atom. The third kappa shape index (κ3) is 4.33. The van der Waals surface area contributed by atoms with E-state index in [0.717, 1.165) is 24.2 Å². The number of benzene rings is 1. The Bertz CT molecular complexity index is 842. The fourth-order valence-electron chi connectivity index (χ4n) is 3.75. The molecule has 1 aromatic carbocycles. The lowest BCUT2D eigenvalue weighted by atomic mass is 9.73. The summed E-state index contributed by atoms with van der Waals surface area (Å²) in [5.41, 5.74) is -0.743. The largest absolute Gasteiger partial charge is 0.454 e. The molecule has 1 heterocycles. The summed E-state index contributed by atoms with van der Waals surface area (Å²) < 4.78 is 4.91. The van der Waals surface area contributed by atoms with Crippen molar-refractivity contribution in [1.29, 1.82) is 0 Å². The summed E-state index contributed by atoms with van der Waals surface area (Å²) in [6.07, 6.45) is 3.21. The summed E-state index contributed by atoms with van der Waals surface area (Å²) in [5.74, 6) is -1.95. The molecule has 2 fully saturated rings. The Kier molecular flexibility index (Phi) is 6.33. The average molecular weight is 442 g/mol. The molecule has 1 aliphatic heterocycles. The van der Waals surface area contributed by atoms with Gasteiger partial charge in [0.25, 0.3) is 11.8 Å². The highest BCUT2D eigenvalue weighted by atomic mass is 35.5. The zero-order valence-corrected chi connectivity index (χ0v) is 17.3. The Morgan fingerprint density at radius 3 is 2.62 bits per heavy atom. The average Bonchev–Trinajstić information content (AvgIpc) is 2.90. The fourth-order valence-corrected chi connectivity index (χ4v) is 4.24. The molecule has 0 radical (unpaired) electrons. The first kappa shape index (κ1) is 21.4. The molecule has 10 heteroatoms. The summed E-state index contributed by atoms with van der Waals surface area (Å²) >= 11 is 11.9. The van der Waals surface area contributed by atoms with Crippen LogP contribution < -0.4 is 10.6 Å². The van der Waals surface area contributed by atoms with Crippen LogP contribution in [0.1, 0.15) is 32.6 Å². The van der Waals surface area contributed by atoms with Gasteiger partial charge in [0.15, 0.2) is 6.61 Å². The van der Waals surface area contributed by atoms with Crippen LogP contribution in [0.2, 0.25) is 10.0 Å². The van der Waals surface area contributed by atoms with Gasteiger partial charge < -0.3 is 15.4 Å². The molecule has 0 bridgehead atoms. The van der Waals surface area contributed by atoms with Crippen LogP contribution in [0.5, 0.6) is 0 Å². The second-order valence-corrected chi connectivity index (χ2v) is 8.06. The third-order valence-corrected chi connectivity index (χ3v) is 6.01. The molecule has 1 saturated carbocycles. The van der Waals surface area contributed by atoms with Crippen LogP contribution in [0.3, 0.4) is 0 Å². The SMILES string of the molecule is CC1CCCCC12NC(=O)N(CC(=O)OCC(=O)Nc1c(Cl)cccc1Cl)C2=O. The van der Waals surface area contributed by atoms with Crippen molar-refractivity contribution < 1.29 is 23.9 Å². The van der Waals surface area contributed by atoms with Crippen molar-refractivity contribution in [2.45, 2.75) is 38.1 Å². The number of rotatable bonds is 5. The molecule has 0 aromatic heterocycles. The number of hydrogen-bond acceptors (Lipinski definition) is 5. The number of para-hydroxylation sites is 1. The van der Waals surface area contributed by atoms with E-state index in [2.05, 4.69) is 10.6 Å². The molecule has 2 atom stereocenters. The second-order valence-electron chi connectivity index (χ2n) is 7.25. The van der Waals surface area contributed by atoms with Gasteiger partial charge in [-0.05, 0) is 30.9 Å². The van der Waals surface area contributed by atoms with Crippen LogP contribution >= 0.6 is 23.2 Å². The van der Waals surface area contributed by atoms with Crippen molar-refractivity contribution in [3.8, 4) is 0 Å². The van der Waals surface area contributed by atoms with Crippen LogP contribution in [0.4, 0.5) is 10.5 Å². The van der Waals surface area contributed by atoms with Crippen LogP contribution in [-0.4, -0.2) is 47.4 Å². The molecule has 2 N–H and O–H groups in total. The molecule has 2 unspecified atom stereocenters. The number of imide groups is 1. The quantitative estimate of drug-likeness (QED) is 0.539. The summed E-state index contributed by atoms with van der Waals surface area (Å²) in [6, 6.07) is 4.11. The summed E-state index contributed by atoms with van der Waals surface area (Å²) in [7, 11) is 0. The van der Waals surface area contributed by atoms with E-state index in [4.69, 9.17) is 27.9 Å². The number of anilines is 1. The molecular formula is C19H21Cl2N3O5. The Balaban J connectivity index is 1.55. The number of nitrogens with one attached hydrogen (secondary N) is 2. The predicted molar refractivity (Wildman–Crippen MR) is 107 cm³/mol. The van der Waals surface area contributed by atoms with E-state index in [1.807, 2.05) is 6.92 Å². The van der Waals surface area contributed by atoms with Gasteiger partial charge in [-0.1, -0.05) is 49.0 Å². The minimum Gasteiger partial charge on any atom is -0.454 e. The van der Waals surface area contributed by atoms with Gasteiger partial charge in [-0.3, -0.25) is 19.3 Å². The summed E-state index contributed by atoms with van der Waals surface area (Å²) in [6.45, 7) is 0.758. The number of esters is 1. The molecule has 156 valence electrons. The molecule has 1 aliphatic carbocycles. The number of amides is 4. The first-order valence-corrected chi connectivity index (χ1v) is 10.0. The topological polar surface area (TPSA) is 105 Å². The number of urea groups is 1. The number of ether oxygens (including phenoxy) is 1. The molecule has 1 saturated heterocycles. The highest BCUT2D eigenvalue weighted by Crippen LogP contribution is 2.38. The van der Waals surface area contributed by atoms with Crippen LogP contribution in [0, 0.1) is 5.92 Å². The van der Waals surface area contributed by atoms with Gasteiger partial charge in [-0.25, -0.2) is 4.79 Å². The molecule has 4 amide bonds. The van der Waals surface area contributed by atoms with Crippen molar-refractivity contribution in [2.75, 3.05) is 18.5 Å². The van der Waals surface area contributed by atoms with E-state index in [9.17, 15) is 19.2 Å². The number of nitrogens with zero attached hydrogens (tertiary/aromatic N) is 1. The lowest BCUT2D eigenvalue weighted by molar-refractivity contribution is -0.150. The zero-order chi connectivity index (χ0) is 21.2. The van der Waals surface area contributed by atoms with Crippen molar-refractivity contribution >= 4 is 52.7 Å². The molecular weight excluding hydrogens is 421 g/mol. The van der Waals surface area contributed by atoms with E-state index < -0.39 is 42.5 Å². The van der Waals surface area contributed by atoms with Gasteiger partial charge in [-0.15, -0.1) is 0 Å². The standard InChI is InChI=1S/C19H21Cl2N3O5/c1-11-5-2-3-8-19(11)17(27)24(18(28)23-19)9-15(26)29-10-14(25)22-16-12(20)6-4-7-13(16)21/h4,6-7,11H,2-3,5,8-10H2,1H3,(H,22,25)(H,23,28). The van der Waals surface area contributed by atoms with E-state index in [1.54, 1.807) is 18.2 Å². The minimum absolute atomic E-state index is 0.0140. The van der Waals surface area contributed by atoms with Crippen LogP contribution in [-0.2, 0) is 19.1 Å².